The minimum Gasteiger partial charge on any atom is -0.458 e. The molecule has 1 aromatic carbocycles. The van der Waals surface area contributed by atoms with Crippen LogP contribution in [-0.2, 0) is 9.53 Å². The van der Waals surface area contributed by atoms with Crippen molar-refractivity contribution in [1.29, 1.82) is 0 Å². The van der Waals surface area contributed by atoms with Gasteiger partial charge in [0.15, 0.2) is 18.3 Å². The molecule has 148 valence electrons. The molecule has 3 rings (SSSR count). The van der Waals surface area contributed by atoms with Gasteiger partial charge >= 0.3 is 0 Å². The van der Waals surface area contributed by atoms with Crippen LogP contribution in [0.4, 0.5) is 5.00 Å². The van der Waals surface area contributed by atoms with Crippen LogP contribution in [0.5, 0.6) is 0 Å². The van der Waals surface area contributed by atoms with E-state index in [0.717, 1.165) is 30.3 Å². The van der Waals surface area contributed by atoms with E-state index in [2.05, 4.69) is 0 Å². The number of aldehydes is 2. The molecule has 0 saturated heterocycles. The molecule has 6 nitrogen and oxygen atoms in total. The molecule has 8 heteroatoms. The number of rotatable bonds is 4. The molecule has 28 heavy (non-hydrogen) atoms. The van der Waals surface area contributed by atoms with Gasteiger partial charge in [-0.15, -0.1) is 11.3 Å². The zero-order valence-corrected chi connectivity index (χ0v) is 16.7. The summed E-state index contributed by atoms with van der Waals surface area (Å²) >= 11 is 7.15. The fourth-order valence-electron chi connectivity index (χ4n) is 2.13. The number of carbonyl (C=O) groups is 2. The van der Waals surface area contributed by atoms with Crippen LogP contribution in [-0.4, -0.2) is 24.8 Å². The van der Waals surface area contributed by atoms with Crippen molar-refractivity contribution >= 4 is 40.5 Å². The second kappa shape index (κ2) is 12.5. The Kier molecular flexibility index (Phi) is 10.3. The molecule has 0 fully saturated rings. The maximum Gasteiger partial charge on any atom is 0.184 e. The van der Waals surface area contributed by atoms with E-state index in [0.29, 0.717) is 34.1 Å². The number of benzene rings is 1. The highest BCUT2D eigenvalue weighted by Gasteiger charge is 2.10. The average molecular weight is 421 g/mol. The van der Waals surface area contributed by atoms with Crippen molar-refractivity contribution in [3.05, 3.63) is 76.2 Å². The molecule has 0 atom stereocenters. The third-order valence-electron chi connectivity index (χ3n) is 3.40. The number of aliphatic hydroxyl groups is 1. The van der Waals surface area contributed by atoms with E-state index in [9.17, 15) is 9.59 Å². The normalized spacial score (nSPS) is 13.7. The molecule has 0 saturated carbocycles. The Morgan fingerprint density at radius 3 is 2.39 bits per heavy atom. The van der Waals surface area contributed by atoms with Crippen molar-refractivity contribution in [2.24, 2.45) is 5.73 Å². The summed E-state index contributed by atoms with van der Waals surface area (Å²) in [5, 5.41) is 10.1. The smallest absolute Gasteiger partial charge is 0.184 e. The number of carbonyl (C=O) groups excluding carboxylic acids is 2. The number of hydrogen-bond acceptors (Lipinski definition) is 7. The lowest BCUT2D eigenvalue weighted by molar-refractivity contribution is -0.107. The van der Waals surface area contributed by atoms with Crippen molar-refractivity contribution in [2.45, 2.75) is 6.42 Å². The number of anilines is 1. The van der Waals surface area contributed by atoms with Crippen LogP contribution >= 0.6 is 22.9 Å². The summed E-state index contributed by atoms with van der Waals surface area (Å²) in [5.74, 6) is 1.12. The van der Waals surface area contributed by atoms with E-state index in [1.54, 1.807) is 30.4 Å². The molecule has 1 aliphatic rings. The van der Waals surface area contributed by atoms with Crippen molar-refractivity contribution in [1.82, 2.24) is 0 Å². The fraction of sp³-hybridized carbons (Fsp3) is 0.100. The highest BCUT2D eigenvalue weighted by Crippen LogP contribution is 2.32. The Labute approximate surface area is 172 Å². The number of thiophene rings is 1. The lowest BCUT2D eigenvalue weighted by atomic mass is 10.1. The Bertz CT molecular complexity index is 871. The Morgan fingerprint density at radius 2 is 1.86 bits per heavy atom. The van der Waals surface area contributed by atoms with Crippen LogP contribution in [0.1, 0.15) is 16.8 Å². The number of nitrogen functional groups attached to an aromatic ring is 1. The van der Waals surface area contributed by atoms with E-state index in [1.807, 2.05) is 17.5 Å². The topological polar surface area (TPSA) is 116 Å². The van der Waals surface area contributed by atoms with Crippen LogP contribution in [0.15, 0.2) is 65.6 Å². The zero-order chi connectivity index (χ0) is 20.9. The number of ether oxygens (including phenoxy) is 1. The van der Waals surface area contributed by atoms with Gasteiger partial charge in [-0.2, -0.15) is 0 Å². The minimum absolute atomic E-state index is 0.377. The number of aliphatic hydroxyl groups excluding tert-OH is 1. The highest BCUT2D eigenvalue weighted by molar-refractivity contribution is 7.14. The van der Waals surface area contributed by atoms with Crippen molar-refractivity contribution in [2.75, 3.05) is 12.8 Å². The van der Waals surface area contributed by atoms with Gasteiger partial charge in [-0.3, -0.25) is 9.59 Å². The van der Waals surface area contributed by atoms with Crippen molar-refractivity contribution in [3.63, 3.8) is 0 Å². The second-order valence-corrected chi connectivity index (χ2v) is 6.45. The van der Waals surface area contributed by atoms with Gasteiger partial charge in [-0.1, -0.05) is 23.7 Å². The molecule has 0 unspecified atom stereocenters. The lowest BCUT2D eigenvalue weighted by Crippen LogP contribution is -1.88. The summed E-state index contributed by atoms with van der Waals surface area (Å²) in [6.07, 6.45) is 8.67. The van der Waals surface area contributed by atoms with Crippen LogP contribution in [0.25, 0.3) is 11.1 Å². The van der Waals surface area contributed by atoms with Gasteiger partial charge in [-0.05, 0) is 42.1 Å². The first-order chi connectivity index (χ1) is 13.6. The molecule has 0 amide bonds. The van der Waals surface area contributed by atoms with E-state index in [4.69, 9.17) is 32.9 Å². The third-order valence-corrected chi connectivity index (χ3v) is 4.47. The Morgan fingerprint density at radius 1 is 1.18 bits per heavy atom. The molecule has 0 bridgehead atoms. The zero-order valence-electron chi connectivity index (χ0n) is 15.2. The summed E-state index contributed by atoms with van der Waals surface area (Å²) in [4.78, 5) is 21.0. The molecule has 0 radical (unpaired) electrons. The highest BCUT2D eigenvalue weighted by atomic mass is 35.5. The SMILES string of the molecule is CO.N/C=C\C=C1/CC=C(C=O)O1.Nc1scc(-c2ccc(Cl)cc2)c1C=O. The van der Waals surface area contributed by atoms with Crippen molar-refractivity contribution in [3.8, 4) is 11.1 Å². The lowest BCUT2D eigenvalue weighted by Gasteiger charge is -1.99. The second-order valence-electron chi connectivity index (χ2n) is 5.10. The molecule has 2 heterocycles. The largest absolute Gasteiger partial charge is 0.458 e. The van der Waals surface area contributed by atoms with Gasteiger partial charge in [0.25, 0.3) is 0 Å². The molecular weight excluding hydrogens is 400 g/mol. The Hall–Kier alpha value is -2.87. The number of allylic oxidation sites excluding steroid dienone is 4. The number of hydrogen-bond donors (Lipinski definition) is 3. The van der Waals surface area contributed by atoms with Crippen LogP contribution in [0, 0.1) is 0 Å². The standard InChI is InChI=1S/C11H8ClNOS.C8H9NO2.CH4O/c12-8-3-1-7(2-4-8)10-6-15-11(13)9(10)5-14;9-5-1-2-7-3-4-8(6-10)11-7;1-2/h1-6H,13H2;1-2,4-6H,3,9H2;2H,1H3/b;5-1-,7-2+;. The van der Waals surface area contributed by atoms with Gasteiger partial charge in [0.2, 0.25) is 0 Å². The molecule has 0 spiro atoms. The van der Waals surface area contributed by atoms with Crippen molar-refractivity contribution < 1.29 is 19.4 Å². The monoisotopic (exact) mass is 420 g/mol. The predicted octanol–water partition coefficient (Wildman–Crippen LogP) is 3.92. The maximum absolute atomic E-state index is 10.9. The first kappa shape index (κ1) is 23.2. The van der Waals surface area contributed by atoms with Gasteiger partial charge in [0.1, 0.15) is 5.76 Å². The summed E-state index contributed by atoms with van der Waals surface area (Å²) in [6.45, 7) is 0. The van der Waals surface area contributed by atoms with Gasteiger partial charge in [0, 0.05) is 29.5 Å². The van der Waals surface area contributed by atoms with E-state index in [1.165, 1.54) is 17.5 Å². The summed E-state index contributed by atoms with van der Waals surface area (Å²) in [5.41, 5.74) is 13.2. The number of nitrogens with two attached hydrogens (primary N) is 2. The van der Waals surface area contributed by atoms with Crippen LogP contribution in [0.2, 0.25) is 5.02 Å². The van der Waals surface area contributed by atoms with E-state index < -0.39 is 0 Å². The predicted molar refractivity (Wildman–Crippen MR) is 114 cm³/mol. The number of halogens is 1. The molecule has 1 aromatic heterocycles. The quantitative estimate of drug-likeness (QED) is 0.645. The van der Waals surface area contributed by atoms with E-state index in [-0.39, 0.29) is 0 Å². The fourth-order valence-corrected chi connectivity index (χ4v) is 3.05. The minimum atomic E-state index is 0.377. The third kappa shape index (κ3) is 6.70. The summed E-state index contributed by atoms with van der Waals surface area (Å²) in [6, 6.07) is 7.33. The first-order valence-electron chi connectivity index (χ1n) is 8.02. The molecule has 5 N–H and O–H groups in total. The van der Waals surface area contributed by atoms with Crippen LogP contribution in [0.3, 0.4) is 0 Å². The maximum atomic E-state index is 10.9. The van der Waals surface area contributed by atoms with Gasteiger partial charge in [-0.25, -0.2) is 0 Å². The molecule has 2 aromatic rings. The average Bonchev–Trinajstić information content (AvgIpc) is 3.35. The first-order valence-corrected chi connectivity index (χ1v) is 9.28. The molecule has 1 aliphatic heterocycles. The Balaban J connectivity index is 0.000000268. The summed E-state index contributed by atoms with van der Waals surface area (Å²) in [7, 11) is 1.00. The van der Waals surface area contributed by atoms with E-state index >= 15 is 0 Å². The van der Waals surface area contributed by atoms with Crippen LogP contribution < -0.4 is 11.5 Å². The summed E-state index contributed by atoms with van der Waals surface area (Å²) < 4.78 is 5.06. The molecular formula is C20H21ClN2O4S. The molecule has 0 aliphatic carbocycles. The van der Waals surface area contributed by atoms with Gasteiger partial charge in [0.05, 0.1) is 10.6 Å². The van der Waals surface area contributed by atoms with Gasteiger partial charge < -0.3 is 21.3 Å².